The van der Waals surface area contributed by atoms with Gasteiger partial charge in [-0.25, -0.2) is 4.39 Å². The summed E-state index contributed by atoms with van der Waals surface area (Å²) >= 11 is 3.28. The van der Waals surface area contributed by atoms with E-state index in [-0.39, 0.29) is 25.6 Å². The molecule has 0 unspecified atom stereocenters. The van der Waals surface area contributed by atoms with Crippen LogP contribution in [0, 0.1) is 5.82 Å². The van der Waals surface area contributed by atoms with Gasteiger partial charge in [-0.05, 0) is 23.8 Å². The first-order chi connectivity index (χ1) is 7.13. The number of nitrogens with two attached hydrogens (primary N) is 1. The zero-order chi connectivity index (χ0) is 11.3. The Morgan fingerprint density at radius 1 is 1.53 bits per heavy atom. The third kappa shape index (κ3) is 4.25. The Kier molecular flexibility index (Phi) is 5.17. The van der Waals surface area contributed by atoms with Crippen molar-refractivity contribution in [3.63, 3.8) is 0 Å². The van der Waals surface area contributed by atoms with E-state index in [0.717, 1.165) is 4.47 Å². The van der Waals surface area contributed by atoms with Crippen LogP contribution in [0.3, 0.4) is 0 Å². The van der Waals surface area contributed by atoms with Crippen molar-refractivity contribution < 1.29 is 14.2 Å². The van der Waals surface area contributed by atoms with Gasteiger partial charge in [-0.3, -0.25) is 0 Å². The fraction of sp³-hybridized carbons (Fsp3) is 0.400. The standard InChI is InChI=1S/C10H13BrFNO2/c11-10-2-1-8(12)3-7(10)5-15-6-9(14)4-13/h1-3,9,14H,4-6,13H2/t9-/m0/s1. The molecule has 15 heavy (non-hydrogen) atoms. The predicted octanol–water partition coefficient (Wildman–Crippen LogP) is 1.42. The van der Waals surface area contributed by atoms with Crippen molar-refractivity contribution in [3.8, 4) is 0 Å². The van der Waals surface area contributed by atoms with Crippen molar-refractivity contribution in [2.45, 2.75) is 12.7 Å². The Balaban J connectivity index is 2.46. The molecule has 0 saturated carbocycles. The summed E-state index contributed by atoms with van der Waals surface area (Å²) in [7, 11) is 0. The van der Waals surface area contributed by atoms with E-state index in [9.17, 15) is 4.39 Å². The van der Waals surface area contributed by atoms with Gasteiger partial charge in [0.25, 0.3) is 0 Å². The molecule has 0 heterocycles. The van der Waals surface area contributed by atoms with E-state index < -0.39 is 6.10 Å². The number of aliphatic hydroxyl groups excluding tert-OH is 1. The van der Waals surface area contributed by atoms with Crippen molar-refractivity contribution in [2.75, 3.05) is 13.2 Å². The van der Waals surface area contributed by atoms with Gasteiger partial charge in [-0.1, -0.05) is 15.9 Å². The van der Waals surface area contributed by atoms with Gasteiger partial charge in [0.2, 0.25) is 0 Å². The fourth-order valence-electron chi connectivity index (χ4n) is 1.03. The van der Waals surface area contributed by atoms with E-state index in [0.29, 0.717) is 5.56 Å². The fourth-order valence-corrected chi connectivity index (χ4v) is 1.39. The van der Waals surface area contributed by atoms with Crippen LogP contribution in [0.15, 0.2) is 22.7 Å². The van der Waals surface area contributed by atoms with Crippen LogP contribution in [-0.2, 0) is 11.3 Å². The molecule has 0 aliphatic rings. The lowest BCUT2D eigenvalue weighted by Crippen LogP contribution is -2.25. The van der Waals surface area contributed by atoms with Gasteiger partial charge in [-0.15, -0.1) is 0 Å². The average Bonchev–Trinajstić information content (AvgIpc) is 2.23. The second-order valence-electron chi connectivity index (χ2n) is 3.14. The monoisotopic (exact) mass is 277 g/mol. The Hall–Kier alpha value is -0.490. The van der Waals surface area contributed by atoms with Gasteiger partial charge in [0.15, 0.2) is 0 Å². The maximum Gasteiger partial charge on any atom is 0.123 e. The minimum absolute atomic E-state index is 0.152. The lowest BCUT2D eigenvalue weighted by molar-refractivity contribution is 0.0326. The zero-order valence-electron chi connectivity index (χ0n) is 8.12. The molecule has 0 bridgehead atoms. The summed E-state index contributed by atoms with van der Waals surface area (Å²) in [5, 5.41) is 9.12. The molecule has 1 aromatic rings. The van der Waals surface area contributed by atoms with E-state index in [4.69, 9.17) is 15.6 Å². The van der Waals surface area contributed by atoms with Gasteiger partial charge in [0, 0.05) is 11.0 Å². The summed E-state index contributed by atoms with van der Waals surface area (Å²) in [5.74, 6) is -0.309. The maximum atomic E-state index is 12.9. The molecule has 1 atom stereocenters. The molecule has 3 nitrogen and oxygen atoms in total. The average molecular weight is 278 g/mol. The molecule has 0 spiro atoms. The SMILES string of the molecule is NC[C@H](O)COCc1cc(F)ccc1Br. The highest BCUT2D eigenvalue weighted by Crippen LogP contribution is 2.18. The highest BCUT2D eigenvalue weighted by molar-refractivity contribution is 9.10. The first-order valence-electron chi connectivity index (χ1n) is 4.53. The van der Waals surface area contributed by atoms with Crippen LogP contribution in [0.5, 0.6) is 0 Å². The third-order valence-electron chi connectivity index (χ3n) is 1.85. The molecule has 5 heteroatoms. The topological polar surface area (TPSA) is 55.5 Å². The molecular formula is C10H13BrFNO2. The van der Waals surface area contributed by atoms with Gasteiger partial charge < -0.3 is 15.6 Å². The van der Waals surface area contributed by atoms with Crippen LogP contribution >= 0.6 is 15.9 Å². The van der Waals surface area contributed by atoms with Crippen LogP contribution in [0.1, 0.15) is 5.56 Å². The van der Waals surface area contributed by atoms with Gasteiger partial charge in [0.05, 0.1) is 19.3 Å². The summed E-state index contributed by atoms with van der Waals surface area (Å²) in [4.78, 5) is 0. The molecule has 84 valence electrons. The number of ether oxygens (including phenoxy) is 1. The Bertz CT molecular complexity index is 322. The quantitative estimate of drug-likeness (QED) is 0.856. The number of aliphatic hydroxyl groups is 1. The van der Waals surface area contributed by atoms with Crippen LogP contribution in [0.2, 0.25) is 0 Å². The van der Waals surface area contributed by atoms with Crippen molar-refractivity contribution in [1.29, 1.82) is 0 Å². The number of rotatable bonds is 5. The lowest BCUT2D eigenvalue weighted by Gasteiger charge is -2.09. The van der Waals surface area contributed by atoms with Crippen molar-refractivity contribution in [3.05, 3.63) is 34.1 Å². The van der Waals surface area contributed by atoms with E-state index in [1.165, 1.54) is 12.1 Å². The molecule has 0 radical (unpaired) electrons. The van der Waals surface area contributed by atoms with Gasteiger partial charge >= 0.3 is 0 Å². The van der Waals surface area contributed by atoms with Crippen LogP contribution < -0.4 is 5.73 Å². The minimum Gasteiger partial charge on any atom is -0.389 e. The maximum absolute atomic E-state index is 12.9. The zero-order valence-corrected chi connectivity index (χ0v) is 9.71. The lowest BCUT2D eigenvalue weighted by atomic mass is 10.2. The molecule has 0 aliphatic carbocycles. The third-order valence-corrected chi connectivity index (χ3v) is 2.62. The molecule has 0 amide bonds. The summed E-state index contributed by atoms with van der Waals surface area (Å²) < 4.78 is 18.8. The molecular weight excluding hydrogens is 265 g/mol. The molecule has 0 aliphatic heterocycles. The smallest absolute Gasteiger partial charge is 0.123 e. The molecule has 1 rings (SSSR count). The van der Waals surface area contributed by atoms with E-state index >= 15 is 0 Å². The molecule has 0 aromatic heterocycles. The summed E-state index contributed by atoms with van der Waals surface area (Å²) in [6, 6.07) is 4.37. The number of benzene rings is 1. The van der Waals surface area contributed by atoms with Crippen LogP contribution in [-0.4, -0.2) is 24.4 Å². The largest absolute Gasteiger partial charge is 0.389 e. The number of halogens is 2. The van der Waals surface area contributed by atoms with Crippen molar-refractivity contribution in [2.24, 2.45) is 5.73 Å². The van der Waals surface area contributed by atoms with E-state index in [1.54, 1.807) is 6.07 Å². The Labute approximate surface area is 96.2 Å². The summed E-state index contributed by atoms with van der Waals surface area (Å²) in [6.07, 6.45) is -0.669. The number of hydrogen-bond acceptors (Lipinski definition) is 3. The summed E-state index contributed by atoms with van der Waals surface area (Å²) in [6.45, 7) is 0.555. The van der Waals surface area contributed by atoms with E-state index in [1.807, 2.05) is 0 Å². The highest BCUT2D eigenvalue weighted by atomic mass is 79.9. The minimum atomic E-state index is -0.669. The Morgan fingerprint density at radius 2 is 2.27 bits per heavy atom. The van der Waals surface area contributed by atoms with Crippen LogP contribution in [0.4, 0.5) is 4.39 Å². The summed E-state index contributed by atoms with van der Waals surface area (Å²) in [5.41, 5.74) is 5.91. The van der Waals surface area contributed by atoms with Crippen LogP contribution in [0.25, 0.3) is 0 Å². The first kappa shape index (κ1) is 12.6. The molecule has 1 aromatic carbocycles. The second kappa shape index (κ2) is 6.17. The van der Waals surface area contributed by atoms with Gasteiger partial charge in [0.1, 0.15) is 5.82 Å². The second-order valence-corrected chi connectivity index (χ2v) is 3.99. The van der Waals surface area contributed by atoms with E-state index in [2.05, 4.69) is 15.9 Å². The molecule has 3 N–H and O–H groups in total. The normalized spacial score (nSPS) is 12.8. The van der Waals surface area contributed by atoms with Crippen molar-refractivity contribution >= 4 is 15.9 Å². The first-order valence-corrected chi connectivity index (χ1v) is 5.32. The van der Waals surface area contributed by atoms with Gasteiger partial charge in [-0.2, -0.15) is 0 Å². The molecule has 0 fully saturated rings. The van der Waals surface area contributed by atoms with Crippen molar-refractivity contribution in [1.82, 2.24) is 0 Å². The number of hydrogen-bond donors (Lipinski definition) is 2. The predicted molar refractivity (Wildman–Crippen MR) is 58.8 cm³/mol. The molecule has 0 saturated heterocycles. The Morgan fingerprint density at radius 3 is 2.93 bits per heavy atom. The highest BCUT2D eigenvalue weighted by Gasteiger charge is 2.04.